The van der Waals surface area contributed by atoms with E-state index in [0.717, 1.165) is 5.56 Å². The first kappa shape index (κ1) is 33.6. The summed E-state index contributed by atoms with van der Waals surface area (Å²) in [5, 5.41) is 5.06. The van der Waals surface area contributed by atoms with Crippen molar-refractivity contribution in [3.05, 3.63) is 78.9 Å². The minimum absolute atomic E-state index is 0.328. The lowest BCUT2D eigenvalue weighted by Gasteiger charge is -2.19. The van der Waals surface area contributed by atoms with Crippen LogP contribution >= 0.6 is 0 Å². The zero-order chi connectivity index (χ0) is 29.5. The Morgan fingerprint density at radius 1 is 1.26 bits per heavy atom. The van der Waals surface area contributed by atoms with Crippen molar-refractivity contribution in [2.45, 2.75) is 45.5 Å². The number of hydrogen-bond donors (Lipinski definition) is 3. The zero-order valence-electron chi connectivity index (χ0n) is 21.5. The first-order chi connectivity index (χ1) is 17.9. The molecular weight excluding hydrogens is 497 g/mol. The number of benzodiazepines with no additional fused rings is 1. The zero-order valence-corrected chi connectivity index (χ0v) is 21.5. The van der Waals surface area contributed by atoms with Crippen molar-refractivity contribution in [1.82, 2.24) is 5.32 Å². The van der Waals surface area contributed by atoms with Gasteiger partial charge in [-0.15, -0.1) is 19.4 Å². The molecule has 0 bridgehead atoms. The van der Waals surface area contributed by atoms with Gasteiger partial charge in [0, 0.05) is 24.3 Å². The van der Waals surface area contributed by atoms with Gasteiger partial charge in [0.1, 0.15) is 0 Å². The number of aryl methyl sites for hydroxylation is 1. The number of carbonyl (C=O) groups is 3. The molecule has 1 aromatic carbocycles. The maximum Gasteiger partial charge on any atom is 0.389 e. The number of para-hydroxylation sites is 1. The molecule has 0 fully saturated rings. The van der Waals surface area contributed by atoms with Gasteiger partial charge in [0.15, 0.2) is 0 Å². The lowest BCUT2D eigenvalue weighted by Crippen LogP contribution is -2.45. The number of hydrogen-bond acceptors (Lipinski definition) is 4. The molecule has 2 atom stereocenters. The highest BCUT2D eigenvalue weighted by Gasteiger charge is 2.34. The number of nitrogens with one attached hydrogen (secondary N) is 2. The number of allylic oxidation sites excluding steroid dienone is 5. The van der Waals surface area contributed by atoms with E-state index >= 15 is 0 Å². The number of nitrogens with zero attached hydrogens (tertiary/aromatic N) is 1. The fourth-order valence-corrected chi connectivity index (χ4v) is 3.34. The van der Waals surface area contributed by atoms with E-state index in [2.05, 4.69) is 48.2 Å². The smallest absolute Gasteiger partial charge is 0.370 e. The second kappa shape index (κ2) is 16.4. The number of amides is 3. The van der Waals surface area contributed by atoms with Crippen LogP contribution in [0.2, 0.25) is 0 Å². The maximum atomic E-state index is 12.9. The molecule has 2 rings (SSSR count). The number of benzene rings is 1. The second-order valence-corrected chi connectivity index (χ2v) is 7.87. The Morgan fingerprint density at radius 3 is 2.37 bits per heavy atom. The van der Waals surface area contributed by atoms with E-state index in [0.29, 0.717) is 22.5 Å². The van der Waals surface area contributed by atoms with E-state index in [1.54, 1.807) is 37.3 Å². The molecule has 1 heterocycles. The van der Waals surface area contributed by atoms with Crippen molar-refractivity contribution in [1.29, 1.82) is 0 Å². The van der Waals surface area contributed by atoms with Gasteiger partial charge in [0.25, 0.3) is 5.91 Å². The second-order valence-electron chi connectivity index (χ2n) is 7.87. The molecule has 38 heavy (non-hydrogen) atoms. The molecule has 4 N–H and O–H groups in total. The number of primary amides is 1. The van der Waals surface area contributed by atoms with Gasteiger partial charge in [-0.1, -0.05) is 55.7 Å². The summed E-state index contributed by atoms with van der Waals surface area (Å²) in [5.41, 5.74) is 7.73. The third-order valence-electron chi connectivity index (χ3n) is 4.95. The van der Waals surface area contributed by atoms with Gasteiger partial charge in [0.05, 0.1) is 11.4 Å². The van der Waals surface area contributed by atoms with Gasteiger partial charge in [-0.2, -0.15) is 13.2 Å². The van der Waals surface area contributed by atoms with Crippen LogP contribution in [-0.2, 0) is 14.4 Å². The molecule has 10 heteroatoms. The van der Waals surface area contributed by atoms with Crippen molar-refractivity contribution in [2.75, 3.05) is 5.32 Å². The van der Waals surface area contributed by atoms with Gasteiger partial charge in [0.2, 0.25) is 18.0 Å². The lowest BCUT2D eigenvalue weighted by atomic mass is 9.97. The summed E-state index contributed by atoms with van der Waals surface area (Å²) in [6, 6.07) is 5.27. The highest BCUT2D eigenvalue weighted by Crippen LogP contribution is 2.28. The van der Waals surface area contributed by atoms with Crippen molar-refractivity contribution >= 4 is 29.1 Å². The average Bonchev–Trinajstić information content (AvgIpc) is 2.98. The van der Waals surface area contributed by atoms with Crippen LogP contribution in [0.5, 0.6) is 0 Å². The lowest BCUT2D eigenvalue weighted by molar-refractivity contribution is -0.143. The van der Waals surface area contributed by atoms with Crippen LogP contribution in [0, 0.1) is 25.7 Å². The van der Waals surface area contributed by atoms with E-state index in [4.69, 9.17) is 5.73 Å². The number of anilines is 1. The molecule has 0 aromatic heterocycles. The van der Waals surface area contributed by atoms with E-state index in [-0.39, 0.29) is 0 Å². The summed E-state index contributed by atoms with van der Waals surface area (Å²) in [6.07, 6.45) is 5.85. The van der Waals surface area contributed by atoms with Crippen LogP contribution in [0.15, 0.2) is 72.8 Å². The van der Waals surface area contributed by atoms with Crippen LogP contribution in [0.4, 0.5) is 18.9 Å². The Labute approximate surface area is 221 Å². The van der Waals surface area contributed by atoms with Crippen molar-refractivity contribution in [3.63, 3.8) is 0 Å². The topological polar surface area (TPSA) is 114 Å². The number of nitrogens with two attached hydrogens (primary N) is 1. The van der Waals surface area contributed by atoms with Crippen molar-refractivity contribution in [3.8, 4) is 12.8 Å². The third kappa shape index (κ3) is 10.7. The molecule has 1 aromatic rings. The predicted molar refractivity (Wildman–Crippen MR) is 145 cm³/mol. The summed E-state index contributed by atoms with van der Waals surface area (Å²) in [7, 11) is 0. The Balaban J connectivity index is 0.00000255. The molecule has 0 spiro atoms. The normalized spacial score (nSPS) is 15.2. The molecule has 0 aliphatic carbocycles. The average molecular weight is 531 g/mol. The number of terminal acetylenes is 1. The van der Waals surface area contributed by atoms with Crippen molar-refractivity contribution < 1.29 is 27.6 Å². The molecule has 0 saturated carbocycles. The van der Waals surface area contributed by atoms with Gasteiger partial charge >= 0.3 is 6.18 Å². The number of rotatable bonds is 9. The fourth-order valence-electron chi connectivity index (χ4n) is 3.34. The van der Waals surface area contributed by atoms with Crippen LogP contribution < -0.4 is 16.4 Å². The molecule has 7 nitrogen and oxygen atoms in total. The molecule has 0 unspecified atom stereocenters. The summed E-state index contributed by atoms with van der Waals surface area (Å²) in [4.78, 5) is 41.3. The van der Waals surface area contributed by atoms with E-state index in [1.165, 1.54) is 12.2 Å². The summed E-state index contributed by atoms with van der Waals surface area (Å²) < 4.78 is 38.0. The third-order valence-corrected chi connectivity index (χ3v) is 4.95. The molecule has 204 valence electrons. The standard InChI is InChI=1S/C23H25F3N4O3.C3H6.C2H2/c1-4-7-14(5-2)19-16-9-6-8-13(3)18(16)29-22(33)20(28-19)30-21(32)15(12-17(27)31)10-11-23(24,25)26;1-3-2;1-2/h4-9,15,20H,1-2,10-12H2,3H3,(H2,27,31)(H,29,33)(H,30,32);3H,1H2,2H3;1-2H/b14-7+;;/t15-,20-;;/m1../s1. The number of halogens is 3. The largest absolute Gasteiger partial charge is 0.389 e. The van der Waals surface area contributed by atoms with Crippen LogP contribution in [-0.4, -0.2) is 35.8 Å². The molecular formula is C28H33F3N4O3. The highest BCUT2D eigenvalue weighted by molar-refractivity contribution is 6.21. The summed E-state index contributed by atoms with van der Waals surface area (Å²) in [5.74, 6) is -3.93. The summed E-state index contributed by atoms with van der Waals surface area (Å²) in [6.45, 7) is 14.4. The minimum atomic E-state index is -4.52. The van der Waals surface area contributed by atoms with Crippen LogP contribution in [0.3, 0.4) is 0 Å². The molecule has 3 amide bonds. The number of alkyl halides is 3. The predicted octanol–water partition coefficient (Wildman–Crippen LogP) is 4.75. The fraction of sp³-hybridized carbons (Fsp3) is 0.286. The highest BCUT2D eigenvalue weighted by atomic mass is 19.4. The Bertz CT molecular complexity index is 1120. The first-order valence-electron chi connectivity index (χ1n) is 11.4. The Hall–Kier alpha value is -4.39. The van der Waals surface area contributed by atoms with Crippen molar-refractivity contribution in [2.24, 2.45) is 16.6 Å². The van der Waals surface area contributed by atoms with Gasteiger partial charge in [-0.05, 0) is 31.4 Å². The Kier molecular flexibility index (Phi) is 14.5. The molecule has 1 aliphatic rings. The van der Waals surface area contributed by atoms with Gasteiger partial charge in [-0.3, -0.25) is 14.4 Å². The quantitative estimate of drug-likeness (QED) is 0.243. The minimum Gasteiger partial charge on any atom is -0.370 e. The monoisotopic (exact) mass is 530 g/mol. The van der Waals surface area contributed by atoms with Crippen LogP contribution in [0.1, 0.15) is 37.3 Å². The molecule has 0 saturated heterocycles. The van der Waals surface area contributed by atoms with Gasteiger partial charge < -0.3 is 16.4 Å². The summed E-state index contributed by atoms with van der Waals surface area (Å²) >= 11 is 0. The SMILES string of the molecule is C#C.C=C/C=C(\C=C)C1=N[C@H](NC(=O)[C@H](CCC(F)(F)F)CC(N)=O)C(=O)Nc2c(C)cccc21.C=CC. The molecule has 0 radical (unpaired) electrons. The van der Waals surface area contributed by atoms with E-state index in [9.17, 15) is 27.6 Å². The maximum absolute atomic E-state index is 12.9. The Morgan fingerprint density at radius 2 is 1.87 bits per heavy atom. The first-order valence-corrected chi connectivity index (χ1v) is 11.4. The number of fused-ring (bicyclic) bond motifs is 1. The number of aliphatic imine (C=N–C) groups is 1. The van der Waals surface area contributed by atoms with Crippen LogP contribution in [0.25, 0.3) is 0 Å². The van der Waals surface area contributed by atoms with Gasteiger partial charge in [-0.25, -0.2) is 4.99 Å². The number of carbonyl (C=O) groups excluding carboxylic acids is 3. The van der Waals surface area contributed by atoms with E-state index in [1.807, 2.05) is 6.92 Å². The molecule has 1 aliphatic heterocycles. The van der Waals surface area contributed by atoms with E-state index < -0.39 is 55.2 Å².